The Morgan fingerprint density at radius 2 is 2.00 bits per heavy atom. The van der Waals surface area contributed by atoms with Crippen molar-refractivity contribution < 1.29 is 9.59 Å². The second-order valence-corrected chi connectivity index (χ2v) is 8.41. The number of halogens is 2. The van der Waals surface area contributed by atoms with Gasteiger partial charge < -0.3 is 10.2 Å². The molecule has 0 aromatic heterocycles. The average Bonchev–Trinajstić information content (AvgIpc) is 3.38. The summed E-state index contributed by atoms with van der Waals surface area (Å²) in [7, 11) is 0. The largest absolute Gasteiger partial charge is 0.349 e. The number of hydrogen-bond acceptors (Lipinski definition) is 2. The molecule has 2 aromatic carbocycles. The van der Waals surface area contributed by atoms with E-state index in [1.807, 2.05) is 48.2 Å². The van der Waals surface area contributed by atoms with Gasteiger partial charge in [0.2, 0.25) is 11.8 Å². The maximum absolute atomic E-state index is 12.7. The molecule has 2 fully saturated rings. The lowest BCUT2D eigenvalue weighted by molar-refractivity contribution is -0.123. The van der Waals surface area contributed by atoms with E-state index in [2.05, 4.69) is 5.32 Å². The topological polar surface area (TPSA) is 49.4 Å². The lowest BCUT2D eigenvalue weighted by Gasteiger charge is -2.19. The molecule has 1 heterocycles. The first kappa shape index (κ1) is 19.3. The van der Waals surface area contributed by atoms with Crippen LogP contribution in [0.1, 0.15) is 49.3 Å². The first-order valence-corrected chi connectivity index (χ1v) is 10.4. The highest BCUT2D eigenvalue weighted by Crippen LogP contribution is 2.48. The lowest BCUT2D eigenvalue weighted by atomic mass is 10.1. The van der Waals surface area contributed by atoms with Crippen LogP contribution < -0.4 is 10.2 Å². The monoisotopic (exact) mass is 416 g/mol. The van der Waals surface area contributed by atoms with Crippen molar-refractivity contribution >= 4 is 40.7 Å². The summed E-state index contributed by atoms with van der Waals surface area (Å²) in [4.78, 5) is 26.5. The van der Waals surface area contributed by atoms with Crippen LogP contribution in [0.4, 0.5) is 5.69 Å². The molecule has 3 atom stereocenters. The van der Waals surface area contributed by atoms with Crippen molar-refractivity contribution in [2.45, 2.75) is 38.1 Å². The Hall–Kier alpha value is -2.04. The van der Waals surface area contributed by atoms with Crippen molar-refractivity contribution in [3.05, 3.63) is 63.6 Å². The Kier molecular flexibility index (Phi) is 5.35. The number of anilines is 1. The molecule has 2 amide bonds. The van der Waals surface area contributed by atoms with Crippen LogP contribution in [-0.4, -0.2) is 18.4 Å². The van der Waals surface area contributed by atoms with Crippen molar-refractivity contribution in [2.75, 3.05) is 11.4 Å². The minimum atomic E-state index is -0.125. The molecule has 0 radical (unpaired) electrons. The molecule has 1 aliphatic heterocycles. The van der Waals surface area contributed by atoms with Crippen LogP contribution >= 0.6 is 23.2 Å². The maximum Gasteiger partial charge on any atom is 0.227 e. The molecule has 4 nitrogen and oxygen atoms in total. The van der Waals surface area contributed by atoms with Gasteiger partial charge in [-0.05, 0) is 61.1 Å². The van der Waals surface area contributed by atoms with Crippen molar-refractivity contribution in [1.82, 2.24) is 5.32 Å². The Balaban J connectivity index is 1.40. The highest BCUT2D eigenvalue weighted by Gasteiger charge is 2.44. The Morgan fingerprint density at radius 1 is 1.18 bits per heavy atom. The zero-order valence-corrected chi connectivity index (χ0v) is 17.1. The molecule has 0 bridgehead atoms. The predicted molar refractivity (Wildman–Crippen MR) is 112 cm³/mol. The number of nitrogens with zero attached hydrogens (tertiary/aromatic N) is 1. The summed E-state index contributed by atoms with van der Waals surface area (Å²) >= 11 is 12.1. The van der Waals surface area contributed by atoms with E-state index in [-0.39, 0.29) is 29.7 Å². The minimum Gasteiger partial charge on any atom is -0.349 e. The lowest BCUT2D eigenvalue weighted by Crippen LogP contribution is -2.29. The molecule has 28 heavy (non-hydrogen) atoms. The molecule has 1 saturated carbocycles. The normalized spacial score (nSPS) is 22.2. The number of carbonyl (C=O) groups is 2. The highest BCUT2D eigenvalue weighted by atomic mass is 35.5. The fourth-order valence-corrected chi connectivity index (χ4v) is 4.19. The SMILES string of the molecule is CC(NC(=O)C1CC1c1ccc(Cl)c(Cl)c1)c1cccc(N2CCCC2=O)c1. The van der Waals surface area contributed by atoms with Gasteiger partial charge in [0.1, 0.15) is 0 Å². The van der Waals surface area contributed by atoms with Gasteiger partial charge in [-0.25, -0.2) is 0 Å². The van der Waals surface area contributed by atoms with Gasteiger partial charge >= 0.3 is 0 Å². The molecular formula is C22H22Cl2N2O2. The molecule has 6 heteroatoms. The van der Waals surface area contributed by atoms with Crippen LogP contribution in [0.5, 0.6) is 0 Å². The number of carbonyl (C=O) groups excluding carboxylic acids is 2. The summed E-state index contributed by atoms with van der Waals surface area (Å²) < 4.78 is 0. The number of rotatable bonds is 5. The van der Waals surface area contributed by atoms with Gasteiger partial charge in [0.25, 0.3) is 0 Å². The summed E-state index contributed by atoms with van der Waals surface area (Å²) in [6.45, 7) is 2.73. The second kappa shape index (κ2) is 7.76. The molecule has 0 spiro atoms. The van der Waals surface area contributed by atoms with E-state index in [0.29, 0.717) is 16.5 Å². The molecule has 2 aliphatic rings. The van der Waals surface area contributed by atoms with Crippen molar-refractivity contribution in [3.8, 4) is 0 Å². The molecule has 3 unspecified atom stereocenters. The van der Waals surface area contributed by atoms with E-state index in [0.717, 1.165) is 36.2 Å². The van der Waals surface area contributed by atoms with Gasteiger partial charge in [-0.3, -0.25) is 9.59 Å². The third-order valence-corrected chi connectivity index (χ3v) is 6.35. The first-order chi connectivity index (χ1) is 13.4. The van der Waals surface area contributed by atoms with Crippen molar-refractivity contribution in [2.24, 2.45) is 5.92 Å². The Labute approximate surface area is 174 Å². The molecular weight excluding hydrogens is 395 g/mol. The number of benzene rings is 2. The van der Waals surface area contributed by atoms with Gasteiger partial charge in [0.05, 0.1) is 16.1 Å². The second-order valence-electron chi connectivity index (χ2n) is 7.60. The Morgan fingerprint density at radius 3 is 2.71 bits per heavy atom. The van der Waals surface area contributed by atoms with Crippen molar-refractivity contribution in [1.29, 1.82) is 0 Å². The summed E-state index contributed by atoms with van der Waals surface area (Å²) in [5, 5.41) is 4.16. The fourth-order valence-electron chi connectivity index (χ4n) is 3.88. The fraction of sp³-hybridized carbons (Fsp3) is 0.364. The molecule has 4 rings (SSSR count). The van der Waals surface area contributed by atoms with Crippen LogP contribution in [0.15, 0.2) is 42.5 Å². The van der Waals surface area contributed by atoms with Crippen molar-refractivity contribution in [3.63, 3.8) is 0 Å². The third kappa shape index (κ3) is 3.89. The van der Waals surface area contributed by atoms with Gasteiger partial charge in [-0.2, -0.15) is 0 Å². The molecule has 1 saturated heterocycles. The van der Waals surface area contributed by atoms with Crippen LogP contribution in [0.2, 0.25) is 10.0 Å². The quantitative estimate of drug-likeness (QED) is 0.736. The molecule has 1 N–H and O–H groups in total. The van der Waals surface area contributed by atoms with Crippen LogP contribution in [0.25, 0.3) is 0 Å². The van der Waals surface area contributed by atoms with E-state index in [9.17, 15) is 9.59 Å². The Bertz CT molecular complexity index is 931. The molecule has 1 aliphatic carbocycles. The number of amides is 2. The van der Waals surface area contributed by atoms with E-state index in [1.165, 1.54) is 0 Å². The van der Waals surface area contributed by atoms with Gasteiger partial charge in [0, 0.05) is 24.6 Å². The van der Waals surface area contributed by atoms with E-state index in [1.54, 1.807) is 6.07 Å². The van der Waals surface area contributed by atoms with Crippen LogP contribution in [0, 0.1) is 5.92 Å². The summed E-state index contributed by atoms with van der Waals surface area (Å²) in [6, 6.07) is 13.3. The van der Waals surface area contributed by atoms with Gasteiger partial charge in [-0.15, -0.1) is 0 Å². The smallest absolute Gasteiger partial charge is 0.227 e. The van der Waals surface area contributed by atoms with E-state index >= 15 is 0 Å². The van der Waals surface area contributed by atoms with Gasteiger partial charge in [-0.1, -0.05) is 41.4 Å². The van der Waals surface area contributed by atoms with Crippen LogP contribution in [0.3, 0.4) is 0 Å². The minimum absolute atomic E-state index is 0.0389. The predicted octanol–water partition coefficient (Wildman–Crippen LogP) is 5.10. The van der Waals surface area contributed by atoms with E-state index < -0.39 is 0 Å². The molecule has 146 valence electrons. The third-order valence-electron chi connectivity index (χ3n) is 5.61. The van der Waals surface area contributed by atoms with Crippen LogP contribution in [-0.2, 0) is 9.59 Å². The zero-order valence-electron chi connectivity index (χ0n) is 15.6. The zero-order chi connectivity index (χ0) is 19.8. The first-order valence-electron chi connectivity index (χ1n) is 9.59. The summed E-state index contributed by atoms with van der Waals surface area (Å²) in [5.41, 5.74) is 2.95. The standard InChI is InChI=1S/C22H22Cl2N2O2/c1-13(14-4-2-5-16(10-14)26-9-3-6-21(26)27)25-22(28)18-12-17(18)15-7-8-19(23)20(24)11-15/h2,4-5,7-8,10-11,13,17-18H,3,6,9,12H2,1H3,(H,25,28). The summed E-state index contributed by atoms with van der Waals surface area (Å²) in [5.74, 6) is 0.362. The number of nitrogens with one attached hydrogen (secondary N) is 1. The van der Waals surface area contributed by atoms with E-state index in [4.69, 9.17) is 23.2 Å². The molecule has 2 aromatic rings. The maximum atomic E-state index is 12.7. The highest BCUT2D eigenvalue weighted by molar-refractivity contribution is 6.42. The average molecular weight is 417 g/mol. The van der Waals surface area contributed by atoms with Gasteiger partial charge in [0.15, 0.2) is 0 Å². The number of hydrogen-bond donors (Lipinski definition) is 1. The summed E-state index contributed by atoms with van der Waals surface area (Å²) in [6.07, 6.45) is 2.32.